The maximum absolute atomic E-state index is 11.7. The first-order valence-electron chi connectivity index (χ1n) is 6.89. The summed E-state index contributed by atoms with van der Waals surface area (Å²) in [6, 6.07) is 8.50. The second kappa shape index (κ2) is 8.02. The number of ether oxygens (including phenoxy) is 1. The van der Waals surface area contributed by atoms with E-state index in [0.717, 1.165) is 0 Å². The lowest BCUT2D eigenvalue weighted by Crippen LogP contribution is -2.43. The Kier molecular flexibility index (Phi) is 6.37. The van der Waals surface area contributed by atoms with Crippen LogP contribution in [0, 0.1) is 0 Å². The zero-order chi connectivity index (χ0) is 16.6. The van der Waals surface area contributed by atoms with Crippen molar-refractivity contribution < 1.29 is 19.1 Å². The van der Waals surface area contributed by atoms with Gasteiger partial charge in [0.1, 0.15) is 5.60 Å². The Hall–Kier alpha value is -2.57. The van der Waals surface area contributed by atoms with E-state index in [-0.39, 0.29) is 13.0 Å². The maximum atomic E-state index is 11.7. The van der Waals surface area contributed by atoms with Crippen LogP contribution in [0.1, 0.15) is 37.6 Å². The highest BCUT2D eigenvalue weighted by Gasteiger charge is 2.15. The molecule has 0 radical (unpaired) electrons. The minimum Gasteiger partial charge on any atom is -0.444 e. The van der Waals surface area contributed by atoms with E-state index < -0.39 is 23.5 Å². The first kappa shape index (κ1) is 17.5. The molecular weight excluding hydrogens is 286 g/mol. The van der Waals surface area contributed by atoms with E-state index in [4.69, 9.17) is 4.74 Å². The third-order valence-electron chi connectivity index (χ3n) is 2.37. The van der Waals surface area contributed by atoms with Crippen LogP contribution < -0.4 is 16.2 Å². The summed E-state index contributed by atoms with van der Waals surface area (Å²) in [4.78, 5) is 34.6. The van der Waals surface area contributed by atoms with E-state index in [1.54, 1.807) is 51.1 Å². The smallest absolute Gasteiger partial charge is 0.407 e. The van der Waals surface area contributed by atoms with Gasteiger partial charge in [-0.1, -0.05) is 18.2 Å². The number of nitrogens with one attached hydrogen (secondary N) is 3. The number of alkyl carbamates (subject to hydrolysis) is 1. The van der Waals surface area contributed by atoms with Crippen molar-refractivity contribution >= 4 is 17.9 Å². The second-order valence-corrected chi connectivity index (χ2v) is 5.55. The summed E-state index contributed by atoms with van der Waals surface area (Å²) in [5.41, 5.74) is 4.42. The largest absolute Gasteiger partial charge is 0.444 e. The molecule has 0 fully saturated rings. The summed E-state index contributed by atoms with van der Waals surface area (Å²) in [6.45, 7) is 5.36. The summed E-state index contributed by atoms with van der Waals surface area (Å²) in [6.07, 6.45) is -0.567. The van der Waals surface area contributed by atoms with Crippen molar-refractivity contribution in [2.24, 2.45) is 0 Å². The third-order valence-corrected chi connectivity index (χ3v) is 2.37. The van der Waals surface area contributed by atoms with Gasteiger partial charge in [-0.2, -0.15) is 0 Å². The summed E-state index contributed by atoms with van der Waals surface area (Å²) >= 11 is 0. The van der Waals surface area contributed by atoms with Crippen LogP contribution in [0.25, 0.3) is 0 Å². The van der Waals surface area contributed by atoms with Gasteiger partial charge in [0.05, 0.1) is 0 Å². The molecule has 0 saturated carbocycles. The van der Waals surface area contributed by atoms with Crippen molar-refractivity contribution in [2.45, 2.75) is 32.8 Å². The topological polar surface area (TPSA) is 96.5 Å². The molecule has 0 aliphatic rings. The van der Waals surface area contributed by atoms with Crippen LogP contribution in [0.5, 0.6) is 0 Å². The Balaban J connectivity index is 2.22. The number of carbonyl (C=O) groups is 3. The van der Waals surface area contributed by atoms with Crippen LogP contribution >= 0.6 is 0 Å². The predicted octanol–water partition coefficient (Wildman–Crippen LogP) is 1.36. The van der Waals surface area contributed by atoms with Gasteiger partial charge in [-0.25, -0.2) is 4.79 Å². The van der Waals surface area contributed by atoms with Gasteiger partial charge in [0.2, 0.25) is 5.91 Å². The molecule has 0 atom stereocenters. The molecule has 3 N–H and O–H groups in total. The molecule has 0 heterocycles. The number of hydrazine groups is 1. The highest BCUT2D eigenvalue weighted by atomic mass is 16.6. The van der Waals surface area contributed by atoms with Crippen molar-refractivity contribution in [3.8, 4) is 0 Å². The molecule has 1 aromatic carbocycles. The van der Waals surface area contributed by atoms with E-state index in [1.807, 2.05) is 0 Å². The lowest BCUT2D eigenvalue weighted by atomic mass is 10.2. The molecule has 0 aliphatic heterocycles. The molecule has 7 heteroatoms. The predicted molar refractivity (Wildman–Crippen MR) is 80.9 cm³/mol. The molecule has 0 aliphatic carbocycles. The number of rotatable bonds is 4. The fraction of sp³-hybridized carbons (Fsp3) is 0.400. The zero-order valence-electron chi connectivity index (χ0n) is 12.9. The Morgan fingerprint density at radius 3 is 2.27 bits per heavy atom. The average Bonchev–Trinajstić information content (AvgIpc) is 2.43. The molecule has 120 valence electrons. The van der Waals surface area contributed by atoms with E-state index in [0.29, 0.717) is 5.56 Å². The fourth-order valence-corrected chi connectivity index (χ4v) is 1.44. The summed E-state index contributed by atoms with van der Waals surface area (Å²) < 4.78 is 5.02. The maximum Gasteiger partial charge on any atom is 0.407 e. The Morgan fingerprint density at radius 1 is 1.05 bits per heavy atom. The quantitative estimate of drug-likeness (QED) is 0.732. The van der Waals surface area contributed by atoms with Gasteiger partial charge < -0.3 is 10.1 Å². The zero-order valence-corrected chi connectivity index (χ0v) is 12.9. The molecule has 0 unspecified atom stereocenters. The van der Waals surface area contributed by atoms with Crippen LogP contribution in [0.3, 0.4) is 0 Å². The molecule has 0 aromatic heterocycles. The van der Waals surface area contributed by atoms with Crippen LogP contribution in [-0.4, -0.2) is 30.1 Å². The molecule has 7 nitrogen and oxygen atoms in total. The van der Waals surface area contributed by atoms with E-state index >= 15 is 0 Å². The van der Waals surface area contributed by atoms with Crippen LogP contribution in [-0.2, 0) is 9.53 Å². The van der Waals surface area contributed by atoms with Gasteiger partial charge in [-0.15, -0.1) is 0 Å². The summed E-state index contributed by atoms with van der Waals surface area (Å²) in [5, 5.41) is 2.45. The highest BCUT2D eigenvalue weighted by Crippen LogP contribution is 2.06. The number of hydrogen-bond acceptors (Lipinski definition) is 4. The molecular formula is C15H21N3O4. The first-order chi connectivity index (χ1) is 10.3. The van der Waals surface area contributed by atoms with Crippen LogP contribution in [0.2, 0.25) is 0 Å². The standard InChI is InChI=1S/C15H21N3O4/c1-15(2,3)22-14(21)16-10-9-12(19)17-18-13(20)11-7-5-4-6-8-11/h4-8H,9-10H2,1-3H3,(H,16,21)(H,17,19)(H,18,20). The number of carbonyl (C=O) groups excluding carboxylic acids is 3. The van der Waals surface area contributed by atoms with Crippen molar-refractivity contribution in [1.29, 1.82) is 0 Å². The molecule has 3 amide bonds. The SMILES string of the molecule is CC(C)(C)OC(=O)NCCC(=O)NNC(=O)c1ccccc1. The molecule has 22 heavy (non-hydrogen) atoms. The van der Waals surface area contributed by atoms with Crippen LogP contribution in [0.4, 0.5) is 4.79 Å². The van der Waals surface area contributed by atoms with Crippen molar-refractivity contribution in [2.75, 3.05) is 6.54 Å². The first-order valence-corrected chi connectivity index (χ1v) is 6.89. The van der Waals surface area contributed by atoms with E-state index in [9.17, 15) is 14.4 Å². The molecule has 0 saturated heterocycles. The third kappa shape index (κ3) is 7.28. The number of hydrogen-bond donors (Lipinski definition) is 3. The van der Waals surface area contributed by atoms with Crippen LogP contribution in [0.15, 0.2) is 30.3 Å². The van der Waals surface area contributed by atoms with Gasteiger partial charge in [0, 0.05) is 18.5 Å². The molecule has 0 spiro atoms. The van der Waals surface area contributed by atoms with Crippen molar-refractivity contribution in [1.82, 2.24) is 16.2 Å². The van der Waals surface area contributed by atoms with E-state index in [1.165, 1.54) is 0 Å². The lowest BCUT2D eigenvalue weighted by molar-refractivity contribution is -0.121. The van der Waals surface area contributed by atoms with Gasteiger partial charge in [-0.3, -0.25) is 20.4 Å². The average molecular weight is 307 g/mol. The van der Waals surface area contributed by atoms with Crippen molar-refractivity contribution in [3.05, 3.63) is 35.9 Å². The Morgan fingerprint density at radius 2 is 1.68 bits per heavy atom. The second-order valence-electron chi connectivity index (χ2n) is 5.55. The summed E-state index contributed by atoms with van der Waals surface area (Å²) in [5.74, 6) is -0.825. The van der Waals surface area contributed by atoms with Gasteiger partial charge in [0.25, 0.3) is 5.91 Å². The minimum absolute atomic E-state index is 0.0221. The summed E-state index contributed by atoms with van der Waals surface area (Å²) in [7, 11) is 0. The van der Waals surface area contributed by atoms with Gasteiger partial charge in [-0.05, 0) is 32.9 Å². The fourth-order valence-electron chi connectivity index (χ4n) is 1.44. The van der Waals surface area contributed by atoms with Gasteiger partial charge >= 0.3 is 6.09 Å². The number of benzene rings is 1. The molecule has 0 bridgehead atoms. The normalized spacial score (nSPS) is 10.5. The highest BCUT2D eigenvalue weighted by molar-refractivity contribution is 5.95. The molecule has 1 rings (SSSR count). The Labute approximate surface area is 129 Å². The minimum atomic E-state index is -0.589. The lowest BCUT2D eigenvalue weighted by Gasteiger charge is -2.19. The van der Waals surface area contributed by atoms with Gasteiger partial charge in [0.15, 0.2) is 0 Å². The Bertz CT molecular complexity index is 523. The van der Waals surface area contributed by atoms with E-state index in [2.05, 4.69) is 16.2 Å². The molecule has 1 aromatic rings. The number of amides is 3. The van der Waals surface area contributed by atoms with Crippen molar-refractivity contribution in [3.63, 3.8) is 0 Å². The monoisotopic (exact) mass is 307 g/mol.